The molecule has 1 aliphatic rings. The summed E-state index contributed by atoms with van der Waals surface area (Å²) >= 11 is 3.46. The Morgan fingerprint density at radius 2 is 1.87 bits per heavy atom. The monoisotopic (exact) mass is 471 g/mol. The highest BCUT2D eigenvalue weighted by molar-refractivity contribution is 9.10. The summed E-state index contributed by atoms with van der Waals surface area (Å²) in [7, 11) is 0. The van der Waals surface area contributed by atoms with Crippen LogP contribution < -0.4 is 5.32 Å². The second-order valence-electron chi connectivity index (χ2n) is 8.23. The fraction of sp³-hybridized carbons (Fsp3) is 0.417. The van der Waals surface area contributed by atoms with Gasteiger partial charge < -0.3 is 15.1 Å². The van der Waals surface area contributed by atoms with Crippen molar-refractivity contribution in [2.45, 2.75) is 39.7 Å². The quantitative estimate of drug-likeness (QED) is 0.606. The molecule has 1 heterocycles. The van der Waals surface area contributed by atoms with Gasteiger partial charge in [-0.3, -0.25) is 4.79 Å². The number of amides is 3. The van der Waals surface area contributed by atoms with Crippen LogP contribution in [0.15, 0.2) is 53.0 Å². The molecule has 160 valence electrons. The van der Waals surface area contributed by atoms with Crippen LogP contribution >= 0.6 is 15.9 Å². The van der Waals surface area contributed by atoms with Gasteiger partial charge >= 0.3 is 6.03 Å². The minimum absolute atomic E-state index is 0.0111. The Morgan fingerprint density at radius 3 is 2.60 bits per heavy atom. The number of nitrogens with zero attached hydrogens (tertiary/aromatic N) is 2. The molecule has 6 heteroatoms. The van der Waals surface area contributed by atoms with E-state index in [1.165, 1.54) is 11.1 Å². The number of carbonyl (C=O) groups excluding carboxylic acids is 2. The second kappa shape index (κ2) is 10.1. The Balaban J connectivity index is 1.72. The third kappa shape index (κ3) is 5.42. The predicted molar refractivity (Wildman–Crippen MR) is 124 cm³/mol. The van der Waals surface area contributed by atoms with Crippen LogP contribution in [0.4, 0.5) is 10.5 Å². The molecule has 1 unspecified atom stereocenters. The molecule has 2 aromatic rings. The largest absolute Gasteiger partial charge is 0.334 e. The van der Waals surface area contributed by atoms with E-state index in [1.54, 1.807) is 4.90 Å². The molecule has 0 aliphatic carbocycles. The lowest BCUT2D eigenvalue weighted by Gasteiger charge is -2.36. The first-order valence-electron chi connectivity index (χ1n) is 10.5. The molecule has 0 saturated carbocycles. The number of carbonyl (C=O) groups is 2. The zero-order chi connectivity index (χ0) is 21.7. The minimum Gasteiger partial charge on any atom is -0.334 e. The number of halogens is 1. The molecule has 0 spiro atoms. The Hall–Kier alpha value is -2.34. The summed E-state index contributed by atoms with van der Waals surface area (Å²) in [5.74, 6) is 0.433. The third-order valence-electron chi connectivity index (χ3n) is 5.62. The van der Waals surface area contributed by atoms with Crippen molar-refractivity contribution in [3.05, 3.63) is 64.1 Å². The lowest BCUT2D eigenvalue weighted by Crippen LogP contribution is -2.47. The lowest BCUT2D eigenvalue weighted by atomic mass is 9.93. The molecular weight excluding hydrogens is 442 g/mol. The van der Waals surface area contributed by atoms with E-state index in [-0.39, 0.29) is 24.5 Å². The topological polar surface area (TPSA) is 52.7 Å². The molecule has 3 amide bonds. The van der Waals surface area contributed by atoms with Gasteiger partial charge in [0.25, 0.3) is 0 Å². The smallest absolute Gasteiger partial charge is 0.322 e. The Morgan fingerprint density at radius 1 is 1.17 bits per heavy atom. The number of hydrogen-bond acceptors (Lipinski definition) is 2. The molecule has 1 atom stereocenters. The first-order valence-corrected chi connectivity index (χ1v) is 11.3. The van der Waals surface area contributed by atoms with E-state index >= 15 is 0 Å². The summed E-state index contributed by atoms with van der Waals surface area (Å²) in [6, 6.07) is 15.5. The van der Waals surface area contributed by atoms with Crippen molar-refractivity contribution in [3.8, 4) is 0 Å². The van der Waals surface area contributed by atoms with Crippen LogP contribution in [-0.4, -0.2) is 41.4 Å². The van der Waals surface area contributed by atoms with Crippen molar-refractivity contribution in [2.75, 3.05) is 25.0 Å². The van der Waals surface area contributed by atoms with Crippen LogP contribution in [-0.2, 0) is 11.2 Å². The minimum atomic E-state index is -0.249. The van der Waals surface area contributed by atoms with Gasteiger partial charge in [-0.2, -0.15) is 0 Å². The molecule has 1 aliphatic heterocycles. The van der Waals surface area contributed by atoms with Crippen LogP contribution in [0.2, 0.25) is 0 Å². The number of benzene rings is 2. The number of hydrogen-bond donors (Lipinski definition) is 1. The van der Waals surface area contributed by atoms with Gasteiger partial charge in [-0.15, -0.1) is 0 Å². The van der Waals surface area contributed by atoms with E-state index in [0.717, 1.165) is 17.3 Å². The van der Waals surface area contributed by atoms with Crippen molar-refractivity contribution >= 4 is 33.6 Å². The van der Waals surface area contributed by atoms with Crippen LogP contribution in [0.1, 0.15) is 44.4 Å². The summed E-state index contributed by atoms with van der Waals surface area (Å²) in [6.45, 7) is 7.61. The van der Waals surface area contributed by atoms with Crippen LogP contribution in [0.5, 0.6) is 0 Å². The first kappa shape index (κ1) is 22.3. The molecular formula is C24H30BrN3O2. The highest BCUT2D eigenvalue weighted by Gasteiger charge is 2.29. The van der Waals surface area contributed by atoms with E-state index in [0.29, 0.717) is 24.7 Å². The second-order valence-corrected chi connectivity index (χ2v) is 9.08. The van der Waals surface area contributed by atoms with Crippen LogP contribution in [0.25, 0.3) is 0 Å². The number of rotatable bonds is 6. The van der Waals surface area contributed by atoms with Crippen molar-refractivity contribution in [1.82, 2.24) is 9.80 Å². The van der Waals surface area contributed by atoms with Gasteiger partial charge in [0.2, 0.25) is 5.91 Å². The molecule has 1 N–H and O–H groups in total. The van der Waals surface area contributed by atoms with Crippen molar-refractivity contribution in [3.63, 3.8) is 0 Å². The highest BCUT2D eigenvalue weighted by atomic mass is 79.9. The normalized spacial score (nSPS) is 15.6. The van der Waals surface area contributed by atoms with Crippen LogP contribution in [0.3, 0.4) is 0 Å². The number of urea groups is 1. The van der Waals surface area contributed by atoms with Crippen LogP contribution in [0, 0.1) is 5.92 Å². The van der Waals surface area contributed by atoms with Gasteiger partial charge in [-0.1, -0.05) is 50.2 Å². The molecule has 30 heavy (non-hydrogen) atoms. The number of nitrogens with one attached hydrogen (secondary N) is 1. The molecule has 0 fully saturated rings. The zero-order valence-corrected chi connectivity index (χ0v) is 19.5. The summed E-state index contributed by atoms with van der Waals surface area (Å²) < 4.78 is 0.815. The standard InChI is InChI=1S/C24H30BrN3O2/c1-17(2)12-14-27(24(30)26-22-11-7-6-10-21(22)25)16-23(29)28-15-13-19-8-4-5-9-20(19)18(28)3/h4-11,17-18H,12-16H2,1-3H3,(H,26,30). The maximum Gasteiger partial charge on any atom is 0.322 e. The number of anilines is 1. The van der Waals surface area contributed by atoms with Gasteiger partial charge in [-0.05, 0) is 64.9 Å². The lowest BCUT2D eigenvalue weighted by molar-refractivity contribution is -0.134. The van der Waals surface area contributed by atoms with E-state index < -0.39 is 0 Å². The van der Waals surface area contributed by atoms with E-state index in [9.17, 15) is 9.59 Å². The average molecular weight is 472 g/mol. The maximum absolute atomic E-state index is 13.2. The van der Waals surface area contributed by atoms with E-state index in [1.807, 2.05) is 41.3 Å². The first-order chi connectivity index (χ1) is 14.4. The molecule has 2 aromatic carbocycles. The van der Waals surface area contributed by atoms with Gasteiger partial charge in [0, 0.05) is 17.6 Å². The van der Waals surface area contributed by atoms with E-state index in [2.05, 4.69) is 54.2 Å². The molecule has 3 rings (SSSR count). The fourth-order valence-corrected chi connectivity index (χ4v) is 4.17. The Bertz CT molecular complexity index is 900. The summed E-state index contributed by atoms with van der Waals surface area (Å²) in [5.41, 5.74) is 3.20. The van der Waals surface area contributed by atoms with E-state index in [4.69, 9.17) is 0 Å². The molecule has 0 saturated heterocycles. The van der Waals surface area contributed by atoms with Gasteiger partial charge in [-0.25, -0.2) is 4.79 Å². The number of fused-ring (bicyclic) bond motifs is 1. The highest BCUT2D eigenvalue weighted by Crippen LogP contribution is 2.29. The number of para-hydroxylation sites is 1. The zero-order valence-electron chi connectivity index (χ0n) is 17.9. The molecule has 0 radical (unpaired) electrons. The molecule has 5 nitrogen and oxygen atoms in total. The SMILES string of the molecule is CC(C)CCN(CC(=O)N1CCc2ccccc2C1C)C(=O)Nc1ccccc1Br. The third-order valence-corrected chi connectivity index (χ3v) is 6.31. The molecule has 0 aromatic heterocycles. The maximum atomic E-state index is 13.2. The van der Waals surface area contributed by atoms with Crippen molar-refractivity contribution in [2.24, 2.45) is 5.92 Å². The molecule has 0 bridgehead atoms. The summed E-state index contributed by atoms with van der Waals surface area (Å²) in [4.78, 5) is 29.7. The van der Waals surface area contributed by atoms with Crippen molar-refractivity contribution < 1.29 is 9.59 Å². The predicted octanol–water partition coefficient (Wildman–Crippen LogP) is 5.48. The Kier molecular flexibility index (Phi) is 7.53. The van der Waals surface area contributed by atoms with Gasteiger partial charge in [0.15, 0.2) is 0 Å². The van der Waals surface area contributed by atoms with Gasteiger partial charge in [0.1, 0.15) is 6.54 Å². The summed E-state index contributed by atoms with van der Waals surface area (Å²) in [6.07, 6.45) is 1.69. The Labute approximate surface area is 187 Å². The fourth-order valence-electron chi connectivity index (χ4n) is 3.79. The average Bonchev–Trinajstić information content (AvgIpc) is 2.72. The summed E-state index contributed by atoms with van der Waals surface area (Å²) in [5, 5.41) is 2.94. The van der Waals surface area contributed by atoms with Crippen molar-refractivity contribution in [1.29, 1.82) is 0 Å². The van der Waals surface area contributed by atoms with Gasteiger partial charge in [0.05, 0.1) is 11.7 Å².